The van der Waals surface area contributed by atoms with Gasteiger partial charge in [0.05, 0.1) is 11.6 Å². The molecule has 70 valence electrons. The molecule has 4 nitrogen and oxygen atoms in total. The Hall–Kier alpha value is -1.76. The molecule has 1 aromatic heterocycles. The fraction of sp³-hybridized carbons (Fsp3) is 0.125. The van der Waals surface area contributed by atoms with E-state index in [9.17, 15) is 4.39 Å². The molecule has 14 heavy (non-hydrogen) atoms. The third kappa shape index (κ3) is 2.94. The maximum absolute atomic E-state index is 13.0. The van der Waals surface area contributed by atoms with Crippen LogP contribution in [0.25, 0.3) is 10.4 Å². The minimum Gasteiger partial charge on any atom is -0.243 e. The molecule has 1 aromatic rings. The van der Waals surface area contributed by atoms with Gasteiger partial charge in [-0.05, 0) is 17.5 Å². The molecule has 0 amide bonds. The van der Waals surface area contributed by atoms with Crippen molar-refractivity contribution in [2.45, 2.75) is 0 Å². The molecular weight excluding hydrogens is 207 g/mol. The third-order valence-corrected chi connectivity index (χ3v) is 1.43. The van der Waals surface area contributed by atoms with Gasteiger partial charge in [-0.25, -0.2) is 9.37 Å². The number of azide groups is 1. The van der Waals surface area contributed by atoms with Gasteiger partial charge in [0.2, 0.25) is 0 Å². The zero-order valence-electron chi connectivity index (χ0n) is 6.91. The molecule has 0 bridgehead atoms. The molecule has 0 unspecified atom stereocenters. The molecule has 0 atom stereocenters. The highest BCUT2D eigenvalue weighted by atomic mass is 35.5. The number of rotatable bonds is 1. The van der Waals surface area contributed by atoms with Crippen molar-refractivity contribution in [2.75, 3.05) is 6.54 Å². The van der Waals surface area contributed by atoms with Gasteiger partial charge in [-0.15, -0.1) is 0 Å². The highest BCUT2D eigenvalue weighted by Crippen LogP contribution is 2.10. The van der Waals surface area contributed by atoms with E-state index in [2.05, 4.69) is 26.9 Å². The van der Waals surface area contributed by atoms with Crippen LogP contribution in [0, 0.1) is 17.7 Å². The maximum Gasteiger partial charge on any atom is 0.158 e. The molecule has 0 aliphatic rings. The van der Waals surface area contributed by atoms with Gasteiger partial charge in [-0.1, -0.05) is 22.6 Å². The van der Waals surface area contributed by atoms with Crippen LogP contribution < -0.4 is 0 Å². The summed E-state index contributed by atoms with van der Waals surface area (Å²) in [4.78, 5) is 6.15. The first-order valence-corrected chi connectivity index (χ1v) is 3.92. The summed E-state index contributed by atoms with van der Waals surface area (Å²) in [5, 5.41) is 3.38. The van der Waals surface area contributed by atoms with Crippen LogP contribution in [-0.4, -0.2) is 11.5 Å². The molecule has 0 saturated heterocycles. The molecule has 0 aliphatic carbocycles. The molecule has 0 radical (unpaired) electrons. The van der Waals surface area contributed by atoms with Gasteiger partial charge in [0, 0.05) is 11.1 Å². The lowest BCUT2D eigenvalue weighted by molar-refractivity contribution is 0.617. The van der Waals surface area contributed by atoms with Crippen molar-refractivity contribution in [3.8, 4) is 11.8 Å². The number of hydrogen-bond donors (Lipinski definition) is 0. The first-order chi connectivity index (χ1) is 6.74. The SMILES string of the molecule is [N-]=[N+]=NCC#Cc1ncc(Cl)cc1F. The first kappa shape index (κ1) is 10.3. The van der Waals surface area contributed by atoms with Crippen molar-refractivity contribution in [3.63, 3.8) is 0 Å². The summed E-state index contributed by atoms with van der Waals surface area (Å²) in [5.74, 6) is 4.27. The lowest BCUT2D eigenvalue weighted by Gasteiger charge is -1.92. The van der Waals surface area contributed by atoms with Gasteiger partial charge >= 0.3 is 0 Å². The van der Waals surface area contributed by atoms with E-state index in [1.807, 2.05) is 0 Å². The minimum absolute atomic E-state index is 0.0115. The van der Waals surface area contributed by atoms with Crippen LogP contribution in [0.1, 0.15) is 5.69 Å². The van der Waals surface area contributed by atoms with Crippen molar-refractivity contribution in [3.05, 3.63) is 39.2 Å². The summed E-state index contributed by atoms with van der Waals surface area (Å²) in [5.41, 5.74) is 7.93. The predicted octanol–water partition coefficient (Wildman–Crippen LogP) is 2.54. The maximum atomic E-state index is 13.0. The van der Waals surface area contributed by atoms with Crippen LogP contribution >= 0.6 is 11.6 Å². The lowest BCUT2D eigenvalue weighted by Crippen LogP contribution is -1.88. The van der Waals surface area contributed by atoms with E-state index < -0.39 is 5.82 Å². The summed E-state index contributed by atoms with van der Waals surface area (Å²) in [6.07, 6.45) is 1.29. The van der Waals surface area contributed by atoms with Crippen LogP contribution in [-0.2, 0) is 0 Å². The zero-order chi connectivity index (χ0) is 10.4. The quantitative estimate of drug-likeness (QED) is 0.304. The fourth-order valence-electron chi connectivity index (χ4n) is 0.697. The van der Waals surface area contributed by atoms with Crippen LogP contribution in [0.5, 0.6) is 0 Å². The molecule has 6 heteroatoms. The van der Waals surface area contributed by atoms with Crippen molar-refractivity contribution in [2.24, 2.45) is 5.11 Å². The zero-order valence-corrected chi connectivity index (χ0v) is 7.66. The van der Waals surface area contributed by atoms with E-state index in [0.29, 0.717) is 0 Å². The second-order valence-corrected chi connectivity index (χ2v) is 2.61. The largest absolute Gasteiger partial charge is 0.243 e. The Morgan fingerprint density at radius 2 is 2.50 bits per heavy atom. The molecule has 1 rings (SSSR count). The van der Waals surface area contributed by atoms with Crippen LogP contribution in [0.15, 0.2) is 17.4 Å². The Bertz CT molecular complexity index is 442. The minimum atomic E-state index is -0.592. The van der Waals surface area contributed by atoms with Gasteiger partial charge in [0.25, 0.3) is 0 Å². The molecule has 0 spiro atoms. The summed E-state index contributed by atoms with van der Waals surface area (Å²) in [7, 11) is 0. The topological polar surface area (TPSA) is 61.7 Å². The van der Waals surface area contributed by atoms with Crippen LogP contribution in [0.3, 0.4) is 0 Å². The van der Waals surface area contributed by atoms with Crippen molar-refractivity contribution in [1.82, 2.24) is 4.98 Å². The second kappa shape index (κ2) is 5.07. The number of aromatic nitrogens is 1. The Kier molecular flexibility index (Phi) is 3.74. The lowest BCUT2D eigenvalue weighted by atomic mass is 10.3. The Labute approximate surface area is 84.3 Å². The normalized spacial score (nSPS) is 8.43. The summed E-state index contributed by atoms with van der Waals surface area (Å²) >= 11 is 5.48. The van der Waals surface area contributed by atoms with Gasteiger partial charge in [-0.2, -0.15) is 0 Å². The average molecular weight is 211 g/mol. The molecule has 0 aromatic carbocycles. The first-order valence-electron chi connectivity index (χ1n) is 3.55. The molecule has 0 saturated carbocycles. The predicted molar refractivity (Wildman–Crippen MR) is 50.1 cm³/mol. The Morgan fingerprint density at radius 1 is 1.71 bits per heavy atom. The van der Waals surface area contributed by atoms with Crippen LogP contribution in [0.2, 0.25) is 5.02 Å². The second-order valence-electron chi connectivity index (χ2n) is 2.17. The average Bonchev–Trinajstić information content (AvgIpc) is 2.15. The van der Waals surface area contributed by atoms with Crippen molar-refractivity contribution in [1.29, 1.82) is 0 Å². The van der Waals surface area contributed by atoms with Gasteiger partial charge < -0.3 is 0 Å². The molecule has 0 fully saturated rings. The standard InChI is InChI=1S/C8H4ClFN4/c9-6-4-7(10)8(12-5-6)2-1-3-13-14-11/h4-5H,3H2. The Morgan fingerprint density at radius 3 is 3.14 bits per heavy atom. The molecule has 0 N–H and O–H groups in total. The van der Waals surface area contributed by atoms with Gasteiger partial charge in [0.15, 0.2) is 5.82 Å². The van der Waals surface area contributed by atoms with E-state index >= 15 is 0 Å². The number of hydrogen-bond acceptors (Lipinski definition) is 2. The number of halogens is 2. The van der Waals surface area contributed by atoms with Crippen LogP contribution in [0.4, 0.5) is 4.39 Å². The number of nitrogens with zero attached hydrogens (tertiary/aromatic N) is 4. The van der Waals surface area contributed by atoms with Gasteiger partial charge in [0.1, 0.15) is 5.69 Å². The number of pyridine rings is 1. The molecule has 1 heterocycles. The van der Waals surface area contributed by atoms with E-state index in [4.69, 9.17) is 17.1 Å². The highest BCUT2D eigenvalue weighted by molar-refractivity contribution is 6.30. The van der Waals surface area contributed by atoms with E-state index in [1.165, 1.54) is 6.20 Å². The summed E-state index contributed by atoms with van der Waals surface area (Å²) in [6, 6.07) is 1.12. The van der Waals surface area contributed by atoms with Crippen molar-refractivity contribution < 1.29 is 4.39 Å². The summed E-state index contributed by atoms with van der Waals surface area (Å²) in [6.45, 7) is -0.0136. The monoisotopic (exact) mass is 210 g/mol. The molecular formula is C8H4ClFN4. The third-order valence-electron chi connectivity index (χ3n) is 1.23. The van der Waals surface area contributed by atoms with Crippen molar-refractivity contribution >= 4 is 11.6 Å². The van der Waals surface area contributed by atoms with Gasteiger partial charge in [-0.3, -0.25) is 0 Å². The highest BCUT2D eigenvalue weighted by Gasteiger charge is 1.99. The smallest absolute Gasteiger partial charge is 0.158 e. The van der Waals surface area contributed by atoms with E-state index in [1.54, 1.807) is 0 Å². The fourth-order valence-corrected chi connectivity index (χ4v) is 0.841. The van der Waals surface area contributed by atoms with E-state index in [0.717, 1.165) is 6.07 Å². The summed E-state index contributed by atoms with van der Waals surface area (Å²) < 4.78 is 13.0. The molecule has 0 aliphatic heterocycles. The Balaban J connectivity index is 2.84. The van der Waals surface area contributed by atoms with E-state index in [-0.39, 0.29) is 17.3 Å².